The summed E-state index contributed by atoms with van der Waals surface area (Å²) in [6.45, 7) is 4.31. The normalized spacial score (nSPS) is 11.2. The highest BCUT2D eigenvalue weighted by Crippen LogP contribution is 2.50. The third kappa shape index (κ3) is 16.1. The minimum absolute atomic E-state index is 1.12. The first kappa shape index (κ1) is 82.1. The molecule has 0 spiro atoms. The number of benzene rings is 21. The lowest BCUT2D eigenvalue weighted by Crippen LogP contribution is -2.10. The fourth-order valence-electron chi connectivity index (χ4n) is 19.4. The molecule has 24 aromatic rings. The lowest BCUT2D eigenvalue weighted by atomic mass is 10.00. The number of aromatic nitrogens is 3. The van der Waals surface area contributed by atoms with Gasteiger partial charge < -0.3 is 28.4 Å². The van der Waals surface area contributed by atoms with E-state index in [1.165, 1.54) is 143 Å². The molecule has 0 amide bonds. The lowest BCUT2D eigenvalue weighted by molar-refractivity contribution is 1.18. The van der Waals surface area contributed by atoms with Gasteiger partial charge in [-0.25, -0.2) is 0 Å². The summed E-state index contributed by atoms with van der Waals surface area (Å²) >= 11 is 0. The molecule has 0 unspecified atom stereocenters. The first-order chi connectivity index (χ1) is 66.3. The van der Waals surface area contributed by atoms with Gasteiger partial charge in [0.25, 0.3) is 0 Å². The van der Waals surface area contributed by atoms with Crippen molar-refractivity contribution in [2.24, 2.45) is 0 Å². The predicted octanol–water partition coefficient (Wildman–Crippen LogP) is 35.4. The summed E-state index contributed by atoms with van der Waals surface area (Å²) in [6, 6.07) is 191. The molecule has 21 aromatic carbocycles. The third-order valence-corrected chi connectivity index (χ3v) is 25.8. The Kier molecular flexibility index (Phi) is 22.6. The van der Waals surface area contributed by atoms with Crippen LogP contribution in [-0.4, -0.2) is 13.7 Å². The SMILES string of the molecule is Cc1ccc(N(c2cccc(-c3ccccc3)c2)c2cccc3c2c2ccccc2n3-c2ccc(-c3ccccc3)cc2)cc1.Cc1ccccc1-c1ccc(N(c2ccccc2)c2cccc3c2c2ccccc2n3-c2ccc(-c3ccccc3)cc2)cc1.c1ccc(-c2ccc(-n3c4ccccc4c4c(N(c5ccccc5)c5cccc(-c6ccccc6)c5)cccc43)cc2)cc1. The van der Waals surface area contributed by atoms with E-state index in [4.69, 9.17) is 0 Å². The number of hydrogen-bond donors (Lipinski definition) is 0. The van der Waals surface area contributed by atoms with Gasteiger partial charge in [-0.15, -0.1) is 0 Å². The van der Waals surface area contributed by atoms with Gasteiger partial charge in [-0.3, -0.25) is 0 Å². The second kappa shape index (κ2) is 36.9. The van der Waals surface area contributed by atoms with E-state index in [1.807, 2.05) is 0 Å². The average Bonchev–Trinajstić information content (AvgIpc) is 1.58. The first-order valence-electron chi connectivity index (χ1n) is 45.9. The zero-order chi connectivity index (χ0) is 89.6. The molecule has 636 valence electrons. The van der Waals surface area contributed by atoms with Gasteiger partial charge in [0.05, 0.1) is 50.2 Å². The molecular weight excluding hydrogens is 1620 g/mol. The van der Waals surface area contributed by atoms with Crippen molar-refractivity contribution in [3.05, 3.63) is 545 Å². The molecule has 0 fully saturated rings. The number of rotatable bonds is 18. The minimum Gasteiger partial charge on any atom is -0.310 e. The molecule has 134 heavy (non-hydrogen) atoms. The molecule has 3 heterocycles. The number of para-hydroxylation sites is 5. The molecule has 3 aromatic heterocycles. The van der Waals surface area contributed by atoms with Crippen molar-refractivity contribution in [2.45, 2.75) is 13.8 Å². The smallest absolute Gasteiger partial charge is 0.0562 e. The fourth-order valence-corrected chi connectivity index (χ4v) is 19.4. The first-order valence-corrected chi connectivity index (χ1v) is 45.9. The summed E-state index contributed by atoms with van der Waals surface area (Å²) in [6.07, 6.45) is 0. The van der Waals surface area contributed by atoms with Crippen molar-refractivity contribution in [3.63, 3.8) is 0 Å². The molecule has 6 nitrogen and oxygen atoms in total. The predicted molar refractivity (Wildman–Crippen MR) is 568 cm³/mol. The third-order valence-electron chi connectivity index (χ3n) is 25.8. The second-order valence-electron chi connectivity index (χ2n) is 34.0. The Morgan fingerprint density at radius 3 is 0.724 bits per heavy atom. The minimum atomic E-state index is 1.12. The zero-order valence-corrected chi connectivity index (χ0v) is 74.5. The Hall–Kier alpha value is -17.6. The van der Waals surface area contributed by atoms with Gasteiger partial charge in [0.1, 0.15) is 0 Å². The van der Waals surface area contributed by atoms with E-state index in [9.17, 15) is 0 Å². The quantitative estimate of drug-likeness (QED) is 0.0856. The molecule has 0 atom stereocenters. The second-order valence-corrected chi connectivity index (χ2v) is 34.0. The summed E-state index contributed by atoms with van der Waals surface area (Å²) in [5, 5.41) is 7.37. The molecule has 24 rings (SSSR count). The number of hydrogen-bond acceptors (Lipinski definition) is 3. The zero-order valence-electron chi connectivity index (χ0n) is 74.5. The Morgan fingerprint density at radius 2 is 0.388 bits per heavy atom. The van der Waals surface area contributed by atoms with Gasteiger partial charge in [-0.1, -0.05) is 376 Å². The monoisotopic (exact) mass is 1710 g/mol. The van der Waals surface area contributed by atoms with Crippen LogP contribution in [0.4, 0.5) is 51.2 Å². The molecule has 0 bridgehead atoms. The Balaban J connectivity index is 0.000000117. The van der Waals surface area contributed by atoms with Crippen LogP contribution in [0, 0.1) is 13.8 Å². The summed E-state index contributed by atoms with van der Waals surface area (Å²) in [4.78, 5) is 7.19. The van der Waals surface area contributed by atoms with Crippen molar-refractivity contribution < 1.29 is 0 Å². The number of fused-ring (bicyclic) bond motifs is 9. The number of anilines is 9. The van der Waals surface area contributed by atoms with Crippen molar-refractivity contribution in [1.29, 1.82) is 0 Å². The number of aryl methyl sites for hydroxylation is 2. The Labute approximate surface area is 782 Å². The maximum atomic E-state index is 2.41. The van der Waals surface area contributed by atoms with Crippen molar-refractivity contribution >= 4 is 117 Å². The van der Waals surface area contributed by atoms with E-state index < -0.39 is 0 Å². The molecule has 0 aliphatic rings. The van der Waals surface area contributed by atoms with Gasteiger partial charge in [0.2, 0.25) is 0 Å². The van der Waals surface area contributed by atoms with Crippen LogP contribution in [0.2, 0.25) is 0 Å². The van der Waals surface area contributed by atoms with Gasteiger partial charge >= 0.3 is 0 Å². The highest BCUT2D eigenvalue weighted by molar-refractivity contribution is 6.19. The van der Waals surface area contributed by atoms with Crippen LogP contribution in [-0.2, 0) is 0 Å². The average molecular weight is 1720 g/mol. The van der Waals surface area contributed by atoms with Gasteiger partial charge in [-0.05, 0) is 250 Å². The van der Waals surface area contributed by atoms with Crippen LogP contribution >= 0.6 is 0 Å². The molecule has 0 saturated heterocycles. The van der Waals surface area contributed by atoms with Crippen molar-refractivity contribution in [3.8, 4) is 83.8 Å². The van der Waals surface area contributed by atoms with Crippen LogP contribution in [0.15, 0.2) is 534 Å². The maximum absolute atomic E-state index is 2.41. The Bertz CT molecular complexity index is 8240. The van der Waals surface area contributed by atoms with E-state index in [1.54, 1.807) is 0 Å². The maximum Gasteiger partial charge on any atom is 0.0562 e. The fraction of sp³-hybridized carbons (Fsp3) is 0.0156. The van der Waals surface area contributed by atoms with Crippen LogP contribution in [0.1, 0.15) is 11.1 Å². The molecule has 6 heteroatoms. The highest BCUT2D eigenvalue weighted by atomic mass is 15.2. The van der Waals surface area contributed by atoms with E-state index in [-0.39, 0.29) is 0 Å². The van der Waals surface area contributed by atoms with E-state index >= 15 is 0 Å². The van der Waals surface area contributed by atoms with Gasteiger partial charge in [0.15, 0.2) is 0 Å². The van der Waals surface area contributed by atoms with Gasteiger partial charge in [-0.2, -0.15) is 0 Å². The van der Waals surface area contributed by atoms with Gasteiger partial charge in [0, 0.05) is 83.5 Å². The van der Waals surface area contributed by atoms with Crippen LogP contribution in [0.5, 0.6) is 0 Å². The highest BCUT2D eigenvalue weighted by Gasteiger charge is 2.27. The summed E-state index contributed by atoms with van der Waals surface area (Å²) in [5.41, 5.74) is 37.8. The topological polar surface area (TPSA) is 24.5 Å². The summed E-state index contributed by atoms with van der Waals surface area (Å²) in [5.74, 6) is 0. The van der Waals surface area contributed by atoms with Crippen molar-refractivity contribution in [1.82, 2.24) is 13.7 Å². The molecule has 0 aliphatic carbocycles. The van der Waals surface area contributed by atoms with Crippen LogP contribution < -0.4 is 14.7 Å². The van der Waals surface area contributed by atoms with E-state index in [0.717, 1.165) is 68.2 Å². The number of nitrogens with zero attached hydrogens (tertiary/aromatic N) is 6. The molecular formula is C128H94N6. The molecule has 0 aliphatic heterocycles. The van der Waals surface area contributed by atoms with Crippen molar-refractivity contribution in [2.75, 3.05) is 14.7 Å². The summed E-state index contributed by atoms with van der Waals surface area (Å²) < 4.78 is 7.19. The largest absolute Gasteiger partial charge is 0.310 e. The molecule has 0 radical (unpaired) electrons. The lowest BCUT2D eigenvalue weighted by Gasteiger charge is -2.27. The van der Waals surface area contributed by atoms with Crippen LogP contribution in [0.25, 0.3) is 149 Å². The summed E-state index contributed by atoms with van der Waals surface area (Å²) in [7, 11) is 0. The molecule has 0 saturated carbocycles. The van der Waals surface area contributed by atoms with Crippen LogP contribution in [0.3, 0.4) is 0 Å². The Morgan fingerprint density at radius 1 is 0.157 bits per heavy atom. The standard InChI is InChI=1S/2C43H32N2.C42H30N2/c1-31-22-26-36(27-23-31)44(38-17-10-16-35(30-38)33-14-6-3-7-15-33)41-20-11-21-42-43(41)39-18-8-9-19-40(39)45(42)37-28-24-34(25-29-37)32-12-4-2-5-13-32;1-31-13-8-9-18-38(31)34-25-29-36(30-26-34)44(35-16-6-3-7-17-35)41-21-12-22-42-43(41)39-19-10-11-20-40(39)45(42)37-27-23-33(24-28-37)32-14-4-2-5-15-32;1-4-14-31(15-5-1)33-26-28-36(29-27-33)44-39-23-11-10-22-38(39)42-40(24-13-25-41(42)44)43(35-19-8-3-9-20-35)37-21-12-18-34(30-37)32-16-6-2-7-17-32/h2*2-30H,1H3;1-30H. The molecule has 0 N–H and O–H groups in total. The van der Waals surface area contributed by atoms with E-state index in [0.29, 0.717) is 0 Å². The van der Waals surface area contributed by atoms with E-state index in [2.05, 4.69) is 576 Å².